The van der Waals surface area contributed by atoms with Crippen LogP contribution in [0.3, 0.4) is 0 Å². The lowest BCUT2D eigenvalue weighted by molar-refractivity contribution is -0.136. The van der Waals surface area contributed by atoms with E-state index in [2.05, 4.69) is 16.7 Å². The van der Waals surface area contributed by atoms with Crippen molar-refractivity contribution in [1.29, 1.82) is 0 Å². The van der Waals surface area contributed by atoms with Crippen molar-refractivity contribution in [2.45, 2.75) is 45.2 Å². The minimum atomic E-state index is -0.654. The summed E-state index contributed by atoms with van der Waals surface area (Å²) >= 11 is 0. The second kappa shape index (κ2) is 7.78. The molecule has 0 spiro atoms. The predicted molar refractivity (Wildman–Crippen MR) is 118 cm³/mol. The molecule has 1 saturated heterocycles. The summed E-state index contributed by atoms with van der Waals surface area (Å²) in [5.74, 6) is -0.974. The molecule has 1 fully saturated rings. The van der Waals surface area contributed by atoms with Crippen LogP contribution in [0.25, 0.3) is 0 Å². The van der Waals surface area contributed by atoms with Crippen molar-refractivity contribution < 1.29 is 19.2 Å². The lowest BCUT2D eigenvalue weighted by atomic mass is 9.98. The molecular weight excluding hydrogens is 408 g/mol. The van der Waals surface area contributed by atoms with Gasteiger partial charge in [0.2, 0.25) is 11.8 Å². The number of carbonyl (C=O) groups is 4. The molecule has 0 aromatic heterocycles. The molecule has 32 heavy (non-hydrogen) atoms. The van der Waals surface area contributed by atoms with Crippen LogP contribution in [0.15, 0.2) is 36.4 Å². The fourth-order valence-corrected chi connectivity index (χ4v) is 4.89. The van der Waals surface area contributed by atoms with Crippen molar-refractivity contribution in [3.63, 3.8) is 0 Å². The van der Waals surface area contributed by atoms with Gasteiger partial charge in [0.15, 0.2) is 0 Å². The number of nitrogens with zero attached hydrogens (tertiary/aromatic N) is 2. The lowest BCUT2D eigenvalue weighted by Gasteiger charge is -2.31. The third kappa shape index (κ3) is 3.41. The Hall–Kier alpha value is -3.68. The molecule has 3 aliphatic heterocycles. The molecule has 2 N–H and O–H groups in total. The van der Waals surface area contributed by atoms with E-state index in [-0.39, 0.29) is 30.8 Å². The number of nitrogens with one attached hydrogen (secondary N) is 2. The number of para-hydroxylation sites is 1. The predicted octanol–water partition coefficient (Wildman–Crippen LogP) is 2.74. The summed E-state index contributed by atoms with van der Waals surface area (Å²) in [6.07, 6.45) is 2.40. The Balaban J connectivity index is 1.34. The molecule has 0 saturated carbocycles. The van der Waals surface area contributed by atoms with Crippen LogP contribution in [0.5, 0.6) is 0 Å². The van der Waals surface area contributed by atoms with E-state index < -0.39 is 11.9 Å². The van der Waals surface area contributed by atoms with Crippen LogP contribution in [-0.2, 0) is 22.6 Å². The Morgan fingerprint density at radius 1 is 1.09 bits per heavy atom. The van der Waals surface area contributed by atoms with Gasteiger partial charge >= 0.3 is 6.03 Å². The molecule has 1 atom stereocenters. The quantitative estimate of drug-likeness (QED) is 0.713. The molecule has 3 aliphatic rings. The van der Waals surface area contributed by atoms with Gasteiger partial charge in [-0.1, -0.05) is 18.2 Å². The molecule has 1 unspecified atom stereocenters. The fourth-order valence-electron chi connectivity index (χ4n) is 4.89. The van der Waals surface area contributed by atoms with Crippen molar-refractivity contribution >= 4 is 35.1 Å². The molecule has 3 heterocycles. The first-order valence-electron chi connectivity index (χ1n) is 10.9. The van der Waals surface area contributed by atoms with Crippen LogP contribution < -0.4 is 15.5 Å². The largest absolute Gasteiger partial charge is 0.326 e. The average molecular weight is 432 g/mol. The van der Waals surface area contributed by atoms with Gasteiger partial charge in [-0.15, -0.1) is 0 Å². The van der Waals surface area contributed by atoms with E-state index in [4.69, 9.17) is 0 Å². The van der Waals surface area contributed by atoms with Crippen LogP contribution >= 0.6 is 0 Å². The van der Waals surface area contributed by atoms with Crippen molar-refractivity contribution in [2.24, 2.45) is 0 Å². The summed E-state index contributed by atoms with van der Waals surface area (Å²) < 4.78 is 0. The maximum Gasteiger partial charge on any atom is 0.326 e. The first-order chi connectivity index (χ1) is 15.4. The SMILES string of the molecule is Cc1cccc2c1N(C(=O)Nc1ccc3c(c1)CN(C1CCC(=O)NC1=O)C3=O)CCC2. The molecule has 0 bridgehead atoms. The first-order valence-corrected chi connectivity index (χ1v) is 10.9. The van der Waals surface area contributed by atoms with Crippen LogP contribution in [0.1, 0.15) is 46.3 Å². The van der Waals surface area contributed by atoms with Crippen molar-refractivity contribution in [3.8, 4) is 0 Å². The van der Waals surface area contributed by atoms with E-state index in [9.17, 15) is 19.2 Å². The van der Waals surface area contributed by atoms with Gasteiger partial charge in [0, 0.05) is 30.8 Å². The summed E-state index contributed by atoms with van der Waals surface area (Å²) in [5, 5.41) is 5.27. The molecule has 0 radical (unpaired) electrons. The molecule has 5 rings (SSSR count). The van der Waals surface area contributed by atoms with Crippen LogP contribution in [0.2, 0.25) is 0 Å². The lowest BCUT2D eigenvalue weighted by Crippen LogP contribution is -2.52. The summed E-state index contributed by atoms with van der Waals surface area (Å²) in [6.45, 7) is 2.93. The first kappa shape index (κ1) is 20.2. The van der Waals surface area contributed by atoms with E-state index in [1.54, 1.807) is 23.1 Å². The number of anilines is 2. The second-order valence-electron chi connectivity index (χ2n) is 8.54. The molecule has 2 aromatic rings. The molecule has 0 aliphatic carbocycles. The van der Waals surface area contributed by atoms with Gasteiger partial charge in [-0.25, -0.2) is 4.79 Å². The van der Waals surface area contributed by atoms with Crippen LogP contribution in [-0.4, -0.2) is 41.2 Å². The van der Waals surface area contributed by atoms with E-state index in [1.165, 1.54) is 10.5 Å². The molecule has 5 amide bonds. The highest BCUT2D eigenvalue weighted by Gasteiger charge is 2.39. The number of fused-ring (bicyclic) bond motifs is 2. The number of piperidine rings is 1. The number of benzene rings is 2. The Morgan fingerprint density at radius 3 is 2.75 bits per heavy atom. The maximum atomic E-state index is 13.1. The molecular formula is C24H24N4O4. The standard InChI is InChI=1S/C24H24N4O4/c1-14-4-2-5-15-6-3-11-27(21(14)15)24(32)25-17-7-8-18-16(12-17)13-28(23(18)31)19-9-10-20(29)26-22(19)30/h2,4-5,7-8,12,19H,3,6,9-11,13H2,1H3,(H,25,32)(H,26,29,30). The number of urea groups is 1. The fraction of sp³-hybridized carbons (Fsp3) is 0.333. The molecule has 8 nitrogen and oxygen atoms in total. The zero-order chi connectivity index (χ0) is 22.4. The minimum absolute atomic E-state index is 0.202. The highest BCUT2D eigenvalue weighted by molar-refractivity contribution is 6.06. The smallest absolute Gasteiger partial charge is 0.322 e. The highest BCUT2D eigenvalue weighted by atomic mass is 16.2. The molecule has 2 aromatic carbocycles. The van der Waals surface area contributed by atoms with E-state index in [1.807, 2.05) is 19.1 Å². The Kier molecular flexibility index (Phi) is 4.92. The highest BCUT2D eigenvalue weighted by Crippen LogP contribution is 2.32. The Bertz CT molecular complexity index is 1160. The summed E-state index contributed by atoms with van der Waals surface area (Å²) in [5.41, 5.74) is 5.09. The van der Waals surface area contributed by atoms with Crippen molar-refractivity contribution in [1.82, 2.24) is 10.2 Å². The Morgan fingerprint density at radius 2 is 1.94 bits per heavy atom. The zero-order valence-corrected chi connectivity index (χ0v) is 17.8. The number of amides is 5. The summed E-state index contributed by atoms with van der Waals surface area (Å²) in [6, 6.07) is 10.4. The number of hydrogen-bond acceptors (Lipinski definition) is 4. The van der Waals surface area contributed by atoms with E-state index in [0.717, 1.165) is 29.7 Å². The number of imide groups is 1. The summed E-state index contributed by atoms with van der Waals surface area (Å²) in [7, 11) is 0. The van der Waals surface area contributed by atoms with Gasteiger partial charge < -0.3 is 10.2 Å². The molecule has 8 heteroatoms. The van der Waals surface area contributed by atoms with Crippen LogP contribution in [0.4, 0.5) is 16.2 Å². The number of aryl methyl sites for hydroxylation is 2. The number of rotatable bonds is 2. The topological polar surface area (TPSA) is 98.8 Å². The van der Waals surface area contributed by atoms with Gasteiger partial charge in [0.1, 0.15) is 6.04 Å². The Labute approximate surface area is 185 Å². The monoisotopic (exact) mass is 432 g/mol. The van der Waals surface area contributed by atoms with Gasteiger partial charge in [0.25, 0.3) is 5.91 Å². The minimum Gasteiger partial charge on any atom is -0.322 e. The average Bonchev–Trinajstić information content (AvgIpc) is 3.09. The van der Waals surface area contributed by atoms with Gasteiger partial charge in [-0.3, -0.25) is 24.6 Å². The van der Waals surface area contributed by atoms with Gasteiger partial charge in [-0.2, -0.15) is 0 Å². The third-order valence-corrected chi connectivity index (χ3v) is 6.44. The van der Waals surface area contributed by atoms with Crippen molar-refractivity contribution in [3.05, 3.63) is 58.7 Å². The number of carbonyl (C=O) groups excluding carboxylic acids is 4. The third-order valence-electron chi connectivity index (χ3n) is 6.44. The second-order valence-corrected chi connectivity index (χ2v) is 8.54. The summed E-state index contributed by atoms with van der Waals surface area (Å²) in [4.78, 5) is 52.9. The molecule has 164 valence electrons. The van der Waals surface area contributed by atoms with E-state index in [0.29, 0.717) is 24.2 Å². The zero-order valence-electron chi connectivity index (χ0n) is 17.8. The maximum absolute atomic E-state index is 13.1. The van der Waals surface area contributed by atoms with E-state index >= 15 is 0 Å². The van der Waals surface area contributed by atoms with Gasteiger partial charge in [0.05, 0.1) is 5.69 Å². The van der Waals surface area contributed by atoms with Crippen molar-refractivity contribution in [2.75, 3.05) is 16.8 Å². The van der Waals surface area contributed by atoms with Gasteiger partial charge in [-0.05, 0) is 61.1 Å². The van der Waals surface area contributed by atoms with Crippen LogP contribution in [0, 0.1) is 6.92 Å². The number of hydrogen-bond donors (Lipinski definition) is 2. The normalized spacial score (nSPS) is 20.0.